The van der Waals surface area contributed by atoms with Crippen LogP contribution in [0.5, 0.6) is 0 Å². The highest BCUT2D eigenvalue weighted by Crippen LogP contribution is 1.98. The summed E-state index contributed by atoms with van der Waals surface area (Å²) in [4.78, 5) is 3.85. The van der Waals surface area contributed by atoms with E-state index in [2.05, 4.69) is 4.98 Å². The molecule has 0 fully saturated rings. The molecule has 1 radical (unpaired) electrons. The second-order valence-corrected chi connectivity index (χ2v) is 1.63. The van der Waals surface area contributed by atoms with E-state index in [0.29, 0.717) is 0 Å². The highest BCUT2D eigenvalue weighted by Gasteiger charge is 1.86. The van der Waals surface area contributed by atoms with Crippen LogP contribution in [-0.2, 0) is 4.74 Å². The molecule has 0 aliphatic rings. The Balaban J connectivity index is 2.61. The van der Waals surface area contributed by atoms with E-state index in [9.17, 15) is 0 Å². The van der Waals surface area contributed by atoms with E-state index < -0.39 is 0 Å². The van der Waals surface area contributed by atoms with Crippen LogP contribution < -0.4 is 0 Å². The second-order valence-electron chi connectivity index (χ2n) is 1.63. The quantitative estimate of drug-likeness (QED) is 0.588. The third-order valence-electron chi connectivity index (χ3n) is 0.960. The van der Waals surface area contributed by atoms with E-state index in [1.165, 1.54) is 0 Å². The second kappa shape index (κ2) is 3.20. The molecule has 0 aliphatic carbocycles. The van der Waals surface area contributed by atoms with Crippen LogP contribution in [0.4, 0.5) is 0 Å². The summed E-state index contributed by atoms with van der Waals surface area (Å²) in [6.45, 7) is 1.67. The number of hydrogen-bond donors (Lipinski definition) is 0. The van der Waals surface area contributed by atoms with Crippen molar-refractivity contribution in [2.75, 3.05) is 7.11 Å². The number of methoxy groups -OCH3 is 1. The summed E-state index contributed by atoms with van der Waals surface area (Å²) in [6.07, 6.45) is 3.45. The van der Waals surface area contributed by atoms with Gasteiger partial charge in [0.25, 0.3) is 0 Å². The van der Waals surface area contributed by atoms with E-state index in [-0.39, 0.29) is 0 Å². The maximum absolute atomic E-state index is 4.78. The third-order valence-corrected chi connectivity index (χ3v) is 0.960. The van der Waals surface area contributed by atoms with Crippen LogP contribution in [0.2, 0.25) is 0 Å². The smallest absolute Gasteiger partial charge is 0.113 e. The lowest BCUT2D eigenvalue weighted by Crippen LogP contribution is -1.82. The summed E-state index contributed by atoms with van der Waals surface area (Å²) in [5.41, 5.74) is 1.03. The Morgan fingerprint density at radius 2 is 2.11 bits per heavy atom. The van der Waals surface area contributed by atoms with E-state index in [0.717, 1.165) is 5.56 Å². The first-order valence-electron chi connectivity index (χ1n) is 2.69. The van der Waals surface area contributed by atoms with E-state index in [1.807, 2.05) is 12.1 Å². The number of rotatable bonds is 2. The first-order valence-corrected chi connectivity index (χ1v) is 2.69. The number of pyridine rings is 1. The first kappa shape index (κ1) is 6.23. The van der Waals surface area contributed by atoms with Gasteiger partial charge in [-0.05, 0) is 17.7 Å². The number of hydrogen-bond acceptors (Lipinski definition) is 2. The van der Waals surface area contributed by atoms with Crippen LogP contribution in [0.1, 0.15) is 5.56 Å². The maximum Gasteiger partial charge on any atom is 0.113 e. The van der Waals surface area contributed by atoms with Gasteiger partial charge < -0.3 is 4.74 Å². The van der Waals surface area contributed by atoms with Crippen molar-refractivity contribution in [3.63, 3.8) is 0 Å². The third kappa shape index (κ3) is 1.82. The van der Waals surface area contributed by atoms with Crippen molar-refractivity contribution < 1.29 is 4.74 Å². The predicted molar refractivity (Wildman–Crippen MR) is 34.6 cm³/mol. The van der Waals surface area contributed by atoms with Gasteiger partial charge in [-0.15, -0.1) is 0 Å². The monoisotopic (exact) mass is 122 g/mol. The van der Waals surface area contributed by atoms with Crippen LogP contribution in [0.3, 0.4) is 0 Å². The fraction of sp³-hybridized carbons (Fsp3) is 0.143. The van der Waals surface area contributed by atoms with Crippen LogP contribution in [0.15, 0.2) is 24.5 Å². The van der Waals surface area contributed by atoms with Gasteiger partial charge >= 0.3 is 0 Å². The van der Waals surface area contributed by atoms with Gasteiger partial charge in [0.15, 0.2) is 0 Å². The van der Waals surface area contributed by atoms with Gasteiger partial charge in [-0.3, -0.25) is 4.98 Å². The molecule has 2 nitrogen and oxygen atoms in total. The summed E-state index contributed by atoms with van der Waals surface area (Å²) in [5, 5.41) is 0. The van der Waals surface area contributed by atoms with Gasteiger partial charge in [-0.25, -0.2) is 0 Å². The molecular weight excluding hydrogens is 114 g/mol. The largest absolute Gasteiger partial charge is 0.374 e. The number of aromatic nitrogens is 1. The molecule has 1 heterocycles. The SMILES string of the molecule is CO[CH]c1ccncc1. The van der Waals surface area contributed by atoms with Gasteiger partial charge in [0.2, 0.25) is 0 Å². The highest BCUT2D eigenvalue weighted by atomic mass is 16.5. The minimum absolute atomic E-state index is 1.03. The first-order chi connectivity index (χ1) is 4.43. The lowest BCUT2D eigenvalue weighted by atomic mass is 10.3. The zero-order valence-corrected chi connectivity index (χ0v) is 5.24. The van der Waals surface area contributed by atoms with Crippen molar-refractivity contribution in [2.24, 2.45) is 0 Å². The molecule has 0 unspecified atom stereocenters. The van der Waals surface area contributed by atoms with Gasteiger partial charge in [0.1, 0.15) is 6.61 Å². The van der Waals surface area contributed by atoms with Crippen molar-refractivity contribution in [2.45, 2.75) is 0 Å². The molecule has 0 bridgehead atoms. The van der Waals surface area contributed by atoms with Gasteiger partial charge in [-0.2, -0.15) is 0 Å². The molecule has 2 heteroatoms. The Kier molecular flexibility index (Phi) is 2.22. The molecule has 0 amide bonds. The summed E-state index contributed by atoms with van der Waals surface area (Å²) in [5.74, 6) is 0. The molecule has 0 N–H and O–H groups in total. The molecule has 1 aromatic rings. The van der Waals surface area contributed by atoms with E-state index in [1.54, 1.807) is 26.1 Å². The molecule has 0 saturated heterocycles. The Labute approximate surface area is 54.5 Å². The topological polar surface area (TPSA) is 22.1 Å². The normalized spacial score (nSPS) is 9.44. The van der Waals surface area contributed by atoms with Crippen molar-refractivity contribution >= 4 is 0 Å². The van der Waals surface area contributed by atoms with Crippen LogP contribution in [0, 0.1) is 6.61 Å². The average Bonchev–Trinajstić information content (AvgIpc) is 1.91. The molecule has 47 valence electrons. The van der Waals surface area contributed by atoms with Crippen LogP contribution in [0.25, 0.3) is 0 Å². The number of nitrogens with zero attached hydrogens (tertiary/aromatic N) is 1. The zero-order chi connectivity index (χ0) is 6.53. The van der Waals surface area contributed by atoms with Gasteiger partial charge in [-0.1, -0.05) is 0 Å². The molecule has 0 aromatic carbocycles. The lowest BCUT2D eigenvalue weighted by molar-refractivity contribution is 0.292. The molecule has 0 spiro atoms. The van der Waals surface area contributed by atoms with Crippen LogP contribution in [-0.4, -0.2) is 12.1 Å². The zero-order valence-electron chi connectivity index (χ0n) is 5.24. The fourth-order valence-corrected chi connectivity index (χ4v) is 0.578. The average molecular weight is 122 g/mol. The highest BCUT2D eigenvalue weighted by molar-refractivity contribution is 5.15. The van der Waals surface area contributed by atoms with Crippen molar-refractivity contribution in [3.8, 4) is 0 Å². The van der Waals surface area contributed by atoms with Crippen molar-refractivity contribution in [1.29, 1.82) is 0 Å². The van der Waals surface area contributed by atoms with Crippen molar-refractivity contribution in [3.05, 3.63) is 36.7 Å². The Bertz CT molecular complexity index is 162. The Morgan fingerprint density at radius 3 is 2.67 bits per heavy atom. The Hall–Kier alpha value is -0.890. The summed E-state index contributed by atoms with van der Waals surface area (Å²) < 4.78 is 4.78. The van der Waals surface area contributed by atoms with E-state index in [4.69, 9.17) is 4.74 Å². The standard InChI is InChI=1S/C7H8NO/c1-9-6-7-2-4-8-5-3-7/h2-6H,1H3. The molecule has 0 saturated carbocycles. The molecular formula is C7H8NO. The van der Waals surface area contributed by atoms with Crippen LogP contribution >= 0.6 is 0 Å². The summed E-state index contributed by atoms with van der Waals surface area (Å²) in [7, 11) is 1.63. The summed E-state index contributed by atoms with van der Waals surface area (Å²) >= 11 is 0. The molecule has 1 rings (SSSR count). The van der Waals surface area contributed by atoms with Crippen molar-refractivity contribution in [1.82, 2.24) is 4.98 Å². The molecule has 9 heavy (non-hydrogen) atoms. The lowest BCUT2D eigenvalue weighted by Gasteiger charge is -1.93. The molecule has 1 aromatic heterocycles. The maximum atomic E-state index is 4.78. The minimum atomic E-state index is 1.03. The summed E-state index contributed by atoms with van der Waals surface area (Å²) in [6, 6.07) is 3.76. The van der Waals surface area contributed by atoms with Gasteiger partial charge in [0, 0.05) is 19.5 Å². The van der Waals surface area contributed by atoms with Gasteiger partial charge in [0.05, 0.1) is 0 Å². The Morgan fingerprint density at radius 1 is 1.44 bits per heavy atom. The van der Waals surface area contributed by atoms with E-state index >= 15 is 0 Å². The molecule has 0 atom stereocenters. The number of ether oxygens (including phenoxy) is 1. The minimum Gasteiger partial charge on any atom is -0.374 e. The fourth-order valence-electron chi connectivity index (χ4n) is 0.578. The molecule has 0 aliphatic heterocycles. The predicted octanol–water partition coefficient (Wildman–Crippen LogP) is 1.24.